The van der Waals surface area contributed by atoms with Gasteiger partial charge in [0.15, 0.2) is 5.96 Å². The van der Waals surface area contributed by atoms with Gasteiger partial charge in [0, 0.05) is 64.8 Å². The van der Waals surface area contributed by atoms with E-state index in [0.717, 1.165) is 58.6 Å². The fourth-order valence-corrected chi connectivity index (χ4v) is 4.78. The highest BCUT2D eigenvalue weighted by Crippen LogP contribution is 2.36. The van der Waals surface area contributed by atoms with E-state index in [1.54, 1.807) is 0 Å². The fraction of sp³-hybridized carbons (Fsp3) is 0.950. The molecule has 150 valence electrons. The van der Waals surface area contributed by atoms with Gasteiger partial charge >= 0.3 is 0 Å². The number of rotatable bonds is 6. The van der Waals surface area contributed by atoms with E-state index >= 15 is 0 Å². The smallest absolute Gasteiger partial charge is 0.193 e. The number of nitrogens with zero attached hydrogens (tertiary/aromatic N) is 3. The molecule has 0 aromatic carbocycles. The van der Waals surface area contributed by atoms with Crippen molar-refractivity contribution in [3.8, 4) is 0 Å². The molecule has 3 rings (SSSR count). The van der Waals surface area contributed by atoms with E-state index in [0.29, 0.717) is 11.3 Å². The quantitative estimate of drug-likeness (QED) is 0.574. The van der Waals surface area contributed by atoms with Crippen LogP contribution in [0.1, 0.15) is 38.5 Å². The molecular formula is C20H38N4O2. The van der Waals surface area contributed by atoms with Gasteiger partial charge in [-0.1, -0.05) is 19.3 Å². The van der Waals surface area contributed by atoms with Gasteiger partial charge in [-0.25, -0.2) is 0 Å². The van der Waals surface area contributed by atoms with Gasteiger partial charge in [0.05, 0.1) is 19.8 Å². The molecule has 1 aliphatic carbocycles. The van der Waals surface area contributed by atoms with Crippen molar-refractivity contribution in [2.24, 2.45) is 16.3 Å². The molecule has 1 saturated carbocycles. The molecule has 0 amide bonds. The van der Waals surface area contributed by atoms with Crippen LogP contribution in [0.5, 0.6) is 0 Å². The lowest BCUT2D eigenvalue weighted by atomic mass is 9.73. The summed E-state index contributed by atoms with van der Waals surface area (Å²) in [6, 6.07) is 0. The minimum absolute atomic E-state index is 0.378. The van der Waals surface area contributed by atoms with Crippen LogP contribution in [0.25, 0.3) is 0 Å². The van der Waals surface area contributed by atoms with Crippen molar-refractivity contribution in [1.29, 1.82) is 0 Å². The molecule has 6 heteroatoms. The molecule has 2 aliphatic heterocycles. The van der Waals surface area contributed by atoms with Crippen molar-refractivity contribution in [1.82, 2.24) is 15.1 Å². The number of nitrogens with one attached hydrogen (secondary N) is 1. The number of hydrogen-bond acceptors (Lipinski definition) is 4. The van der Waals surface area contributed by atoms with E-state index in [2.05, 4.69) is 27.2 Å². The fourth-order valence-electron chi connectivity index (χ4n) is 4.78. The van der Waals surface area contributed by atoms with E-state index < -0.39 is 0 Å². The van der Waals surface area contributed by atoms with Crippen LogP contribution in [0.4, 0.5) is 0 Å². The molecule has 1 unspecified atom stereocenters. The average Bonchev–Trinajstić information content (AvgIpc) is 3.17. The van der Waals surface area contributed by atoms with Gasteiger partial charge in [0.25, 0.3) is 0 Å². The highest BCUT2D eigenvalue weighted by atomic mass is 16.5. The molecule has 3 aliphatic rings. The van der Waals surface area contributed by atoms with Gasteiger partial charge in [-0.05, 0) is 19.3 Å². The maximum Gasteiger partial charge on any atom is 0.193 e. The lowest BCUT2D eigenvalue weighted by molar-refractivity contribution is 0.00809. The summed E-state index contributed by atoms with van der Waals surface area (Å²) >= 11 is 0. The lowest BCUT2D eigenvalue weighted by Crippen LogP contribution is -2.51. The Morgan fingerprint density at radius 1 is 1.15 bits per heavy atom. The molecule has 0 aromatic rings. The monoisotopic (exact) mass is 366 g/mol. The zero-order valence-electron chi connectivity index (χ0n) is 16.8. The van der Waals surface area contributed by atoms with Crippen molar-refractivity contribution in [2.45, 2.75) is 38.5 Å². The van der Waals surface area contributed by atoms with Crippen LogP contribution < -0.4 is 5.32 Å². The number of morpholine rings is 1. The van der Waals surface area contributed by atoms with Crippen molar-refractivity contribution in [3.63, 3.8) is 0 Å². The van der Waals surface area contributed by atoms with E-state index in [-0.39, 0.29) is 0 Å². The summed E-state index contributed by atoms with van der Waals surface area (Å²) in [5.41, 5.74) is 0.378. The molecule has 6 nitrogen and oxygen atoms in total. The second-order valence-electron chi connectivity index (χ2n) is 8.46. The van der Waals surface area contributed by atoms with Crippen LogP contribution in [-0.4, -0.2) is 89.0 Å². The van der Waals surface area contributed by atoms with Crippen LogP contribution in [-0.2, 0) is 9.47 Å². The minimum atomic E-state index is 0.378. The summed E-state index contributed by atoms with van der Waals surface area (Å²) in [7, 11) is 4.06. The van der Waals surface area contributed by atoms with Gasteiger partial charge in [-0.3, -0.25) is 9.89 Å². The summed E-state index contributed by atoms with van der Waals surface area (Å²) < 4.78 is 11.1. The van der Waals surface area contributed by atoms with Crippen molar-refractivity contribution < 1.29 is 9.47 Å². The van der Waals surface area contributed by atoms with E-state index in [1.807, 2.05) is 7.05 Å². The maximum absolute atomic E-state index is 5.54. The van der Waals surface area contributed by atoms with Gasteiger partial charge in [-0.15, -0.1) is 0 Å². The number of aliphatic imine (C=N–C) groups is 1. The van der Waals surface area contributed by atoms with Gasteiger partial charge < -0.3 is 19.7 Å². The lowest BCUT2D eigenvalue weighted by Gasteiger charge is -2.43. The Morgan fingerprint density at radius 2 is 1.92 bits per heavy atom. The molecule has 1 N–H and O–H groups in total. The number of guanidine groups is 1. The van der Waals surface area contributed by atoms with Crippen LogP contribution in [0, 0.1) is 11.3 Å². The molecular weight excluding hydrogens is 328 g/mol. The van der Waals surface area contributed by atoms with Gasteiger partial charge in [0.2, 0.25) is 0 Å². The summed E-state index contributed by atoms with van der Waals surface area (Å²) in [4.78, 5) is 9.44. The zero-order chi connectivity index (χ0) is 18.2. The Balaban J connectivity index is 1.54. The normalized spacial score (nSPS) is 27.5. The number of ether oxygens (including phenoxy) is 2. The maximum atomic E-state index is 5.54. The number of hydrogen-bond donors (Lipinski definition) is 1. The first-order valence-electron chi connectivity index (χ1n) is 10.5. The van der Waals surface area contributed by atoms with Crippen LogP contribution in [0.3, 0.4) is 0 Å². The average molecular weight is 367 g/mol. The molecule has 0 radical (unpaired) electrons. The molecule has 0 spiro atoms. The van der Waals surface area contributed by atoms with Gasteiger partial charge in [0.1, 0.15) is 0 Å². The molecule has 0 bridgehead atoms. The van der Waals surface area contributed by atoms with E-state index in [4.69, 9.17) is 9.47 Å². The van der Waals surface area contributed by atoms with Crippen LogP contribution in [0.15, 0.2) is 4.99 Å². The summed E-state index contributed by atoms with van der Waals surface area (Å²) in [5, 5.41) is 3.72. The van der Waals surface area contributed by atoms with Gasteiger partial charge in [-0.2, -0.15) is 0 Å². The van der Waals surface area contributed by atoms with Crippen molar-refractivity contribution in [3.05, 3.63) is 0 Å². The van der Waals surface area contributed by atoms with Crippen LogP contribution >= 0.6 is 0 Å². The Morgan fingerprint density at radius 3 is 2.58 bits per heavy atom. The first kappa shape index (κ1) is 19.9. The van der Waals surface area contributed by atoms with E-state index in [1.165, 1.54) is 45.1 Å². The largest absolute Gasteiger partial charge is 0.381 e. The first-order valence-corrected chi connectivity index (χ1v) is 10.5. The topological polar surface area (TPSA) is 49.3 Å². The standard InChI is InChI=1S/C20H38N4O2/c1-21-19(23(2)14-18-6-11-26-15-18)22-16-20(7-4-3-5-8-20)17-24-9-12-25-13-10-24/h18H,3-17H2,1-2H3,(H,21,22). The highest BCUT2D eigenvalue weighted by molar-refractivity contribution is 5.79. The molecule has 0 aromatic heterocycles. The highest BCUT2D eigenvalue weighted by Gasteiger charge is 2.34. The third-order valence-corrected chi connectivity index (χ3v) is 6.33. The Labute approximate surface area is 159 Å². The van der Waals surface area contributed by atoms with Crippen molar-refractivity contribution >= 4 is 5.96 Å². The summed E-state index contributed by atoms with van der Waals surface area (Å²) in [5.74, 6) is 1.67. The predicted octanol–water partition coefficient (Wildman–Crippen LogP) is 1.81. The summed E-state index contributed by atoms with van der Waals surface area (Å²) in [6.45, 7) is 8.99. The molecule has 2 saturated heterocycles. The Kier molecular flexibility index (Phi) is 7.58. The molecule has 1 atom stereocenters. The molecule has 26 heavy (non-hydrogen) atoms. The van der Waals surface area contributed by atoms with Crippen molar-refractivity contribution in [2.75, 3.05) is 73.2 Å². The molecule has 2 heterocycles. The second-order valence-corrected chi connectivity index (χ2v) is 8.46. The first-order chi connectivity index (χ1) is 12.7. The second kappa shape index (κ2) is 9.90. The Bertz CT molecular complexity index is 439. The third-order valence-electron chi connectivity index (χ3n) is 6.33. The molecule has 3 fully saturated rings. The minimum Gasteiger partial charge on any atom is -0.381 e. The third kappa shape index (κ3) is 5.57. The SMILES string of the molecule is CN=C(NCC1(CN2CCOCC2)CCCCC1)N(C)CC1CCOC1. The van der Waals surface area contributed by atoms with E-state index in [9.17, 15) is 0 Å². The predicted molar refractivity (Wildman–Crippen MR) is 106 cm³/mol. The zero-order valence-corrected chi connectivity index (χ0v) is 16.8. The van der Waals surface area contributed by atoms with Crippen LogP contribution in [0.2, 0.25) is 0 Å². The Hall–Kier alpha value is -0.850. The summed E-state index contributed by atoms with van der Waals surface area (Å²) in [6.07, 6.45) is 7.94.